The number of hydrogen-bond donors (Lipinski definition) is 2. The maximum Gasteiger partial charge on any atom is 0.194 e. The Morgan fingerprint density at radius 2 is 0.897 bits per heavy atom. The van der Waals surface area contributed by atoms with E-state index in [9.17, 15) is 14.6 Å². The Balaban J connectivity index is 1.70. The van der Waals surface area contributed by atoms with Gasteiger partial charge in [-0.2, -0.15) is 0 Å². The summed E-state index contributed by atoms with van der Waals surface area (Å²) >= 11 is 0. The minimum atomic E-state index is -0.799. The van der Waals surface area contributed by atoms with E-state index >= 15 is 0 Å². The van der Waals surface area contributed by atoms with Crippen LogP contribution in [-0.2, 0) is 0 Å². The van der Waals surface area contributed by atoms with E-state index in [1.165, 1.54) is 22.2 Å². The predicted molar refractivity (Wildman–Crippen MR) is 117 cm³/mol. The lowest BCUT2D eigenvalue weighted by Crippen LogP contribution is -1.85. The molecule has 0 spiro atoms. The first-order chi connectivity index (χ1) is 14.1. The van der Waals surface area contributed by atoms with Gasteiger partial charge in [-0.3, -0.25) is 0 Å². The number of fused-ring (bicyclic) bond motifs is 5. The third-order valence-electron chi connectivity index (χ3n) is 5.76. The molecule has 3 heteroatoms. The Labute approximate surface area is 165 Å². The van der Waals surface area contributed by atoms with Crippen LogP contribution in [0.25, 0.3) is 53.9 Å². The predicted octanol–water partition coefficient (Wildman–Crippen LogP) is 7.00. The van der Waals surface area contributed by atoms with E-state index in [0.717, 1.165) is 26.9 Å². The average molecular weight is 378 g/mol. The number of halogens is 1. The van der Waals surface area contributed by atoms with Gasteiger partial charge in [0.2, 0.25) is 0 Å². The molecule has 0 bridgehead atoms. The van der Waals surface area contributed by atoms with Crippen molar-refractivity contribution in [2.75, 3.05) is 0 Å². The van der Waals surface area contributed by atoms with Gasteiger partial charge in [0.1, 0.15) is 0 Å². The lowest BCUT2D eigenvalue weighted by molar-refractivity contribution is 0.382. The zero-order valence-electron chi connectivity index (χ0n) is 15.3. The first kappa shape index (κ1) is 16.1. The van der Waals surface area contributed by atoms with Crippen LogP contribution < -0.4 is 0 Å². The van der Waals surface area contributed by atoms with Gasteiger partial charge in [-0.25, -0.2) is 4.39 Å². The summed E-state index contributed by atoms with van der Waals surface area (Å²) < 4.78 is 14.4. The quantitative estimate of drug-likeness (QED) is 0.221. The van der Waals surface area contributed by atoms with Crippen LogP contribution in [-0.4, -0.2) is 10.2 Å². The van der Waals surface area contributed by atoms with Crippen molar-refractivity contribution in [3.05, 3.63) is 84.7 Å². The fourth-order valence-corrected chi connectivity index (χ4v) is 4.28. The van der Waals surface area contributed by atoms with Crippen molar-refractivity contribution in [1.82, 2.24) is 0 Å². The number of aromatic hydroxyl groups is 2. The maximum atomic E-state index is 14.4. The summed E-state index contributed by atoms with van der Waals surface area (Å²) in [7, 11) is 0. The number of phenolic OH excluding ortho intramolecular Hbond substituents is 2. The number of benzene rings is 6. The summed E-state index contributed by atoms with van der Waals surface area (Å²) in [5, 5.41) is 29.1. The molecule has 0 atom stereocenters. The van der Waals surface area contributed by atoms with Crippen LogP contribution in [0.1, 0.15) is 0 Å². The molecule has 0 aliphatic heterocycles. The highest BCUT2D eigenvalue weighted by Gasteiger charge is 2.13. The molecule has 0 aromatic heterocycles. The van der Waals surface area contributed by atoms with E-state index in [-0.39, 0.29) is 0 Å². The van der Waals surface area contributed by atoms with Crippen LogP contribution in [0.2, 0.25) is 0 Å². The van der Waals surface area contributed by atoms with Gasteiger partial charge in [-0.05, 0) is 103 Å². The average Bonchev–Trinajstić information content (AvgIpc) is 2.72. The van der Waals surface area contributed by atoms with E-state index < -0.39 is 17.3 Å². The second-order valence-electron chi connectivity index (χ2n) is 7.58. The van der Waals surface area contributed by atoms with E-state index in [0.29, 0.717) is 10.8 Å². The third kappa shape index (κ3) is 2.34. The number of phenols is 2. The highest BCUT2D eigenvalue weighted by Crippen LogP contribution is 2.37. The van der Waals surface area contributed by atoms with E-state index in [1.54, 1.807) is 6.07 Å². The van der Waals surface area contributed by atoms with Crippen LogP contribution >= 0.6 is 0 Å². The van der Waals surface area contributed by atoms with Crippen LogP contribution in [0.5, 0.6) is 11.5 Å². The molecule has 0 radical (unpaired) electrons. The van der Waals surface area contributed by atoms with Crippen molar-refractivity contribution in [1.29, 1.82) is 0 Å². The molecule has 6 aromatic rings. The van der Waals surface area contributed by atoms with Crippen LogP contribution in [0.15, 0.2) is 78.9 Å². The van der Waals surface area contributed by atoms with Crippen molar-refractivity contribution in [2.45, 2.75) is 0 Å². The Bertz CT molecular complexity index is 1630. The molecule has 0 fully saturated rings. The zero-order valence-corrected chi connectivity index (χ0v) is 15.3. The Morgan fingerprint density at radius 3 is 1.41 bits per heavy atom. The maximum absolute atomic E-state index is 14.4. The van der Waals surface area contributed by atoms with E-state index in [1.807, 2.05) is 24.3 Å². The molecule has 2 N–H and O–H groups in total. The number of hydrogen-bond acceptors (Lipinski definition) is 2. The Kier molecular flexibility index (Phi) is 3.11. The summed E-state index contributed by atoms with van der Waals surface area (Å²) in [4.78, 5) is 0. The highest BCUT2D eigenvalue weighted by molar-refractivity contribution is 6.10. The lowest BCUT2D eigenvalue weighted by Gasteiger charge is -2.09. The molecule has 0 aliphatic carbocycles. The molecule has 0 saturated heterocycles. The van der Waals surface area contributed by atoms with Gasteiger partial charge in [0.25, 0.3) is 0 Å². The minimum absolute atomic E-state index is 0.291. The molecule has 138 valence electrons. The van der Waals surface area contributed by atoms with E-state index in [2.05, 4.69) is 42.5 Å². The highest BCUT2D eigenvalue weighted by atomic mass is 19.1. The van der Waals surface area contributed by atoms with Crippen LogP contribution in [0, 0.1) is 5.82 Å². The zero-order chi connectivity index (χ0) is 19.7. The molecular weight excluding hydrogens is 363 g/mol. The summed E-state index contributed by atoms with van der Waals surface area (Å²) in [5.74, 6) is -1.96. The summed E-state index contributed by atoms with van der Waals surface area (Å²) in [6.07, 6.45) is 0. The first-order valence-corrected chi connectivity index (χ1v) is 9.41. The summed E-state index contributed by atoms with van der Waals surface area (Å²) in [6.45, 7) is 0. The van der Waals surface area contributed by atoms with Gasteiger partial charge < -0.3 is 10.2 Å². The summed E-state index contributed by atoms with van der Waals surface area (Å²) in [6, 6.07) is 26.1. The molecule has 0 saturated carbocycles. The fraction of sp³-hybridized carbons (Fsp3) is 0. The van der Waals surface area contributed by atoms with Gasteiger partial charge >= 0.3 is 0 Å². The van der Waals surface area contributed by atoms with Gasteiger partial charge in [0.05, 0.1) is 0 Å². The molecule has 0 amide bonds. The van der Waals surface area contributed by atoms with Crippen molar-refractivity contribution in [3.8, 4) is 11.5 Å². The number of rotatable bonds is 0. The molecule has 0 aliphatic rings. The SMILES string of the molecule is Oc1cc2cc3cc4cc5cc6ccccc6cc5cc4cc3cc2c(F)c1O. The van der Waals surface area contributed by atoms with Crippen molar-refractivity contribution < 1.29 is 14.6 Å². The Hall–Kier alpha value is -3.85. The summed E-state index contributed by atoms with van der Waals surface area (Å²) in [5.41, 5.74) is 0. The lowest BCUT2D eigenvalue weighted by atomic mass is 9.96. The van der Waals surface area contributed by atoms with E-state index in [4.69, 9.17) is 0 Å². The normalized spacial score (nSPS) is 11.9. The largest absolute Gasteiger partial charge is 0.504 e. The molecule has 29 heavy (non-hydrogen) atoms. The molecule has 6 aromatic carbocycles. The van der Waals surface area contributed by atoms with Crippen LogP contribution in [0.3, 0.4) is 0 Å². The minimum Gasteiger partial charge on any atom is -0.504 e. The smallest absolute Gasteiger partial charge is 0.194 e. The van der Waals surface area contributed by atoms with Gasteiger partial charge in [0.15, 0.2) is 17.3 Å². The van der Waals surface area contributed by atoms with Gasteiger partial charge in [0, 0.05) is 5.39 Å². The van der Waals surface area contributed by atoms with Gasteiger partial charge in [-0.1, -0.05) is 24.3 Å². The topological polar surface area (TPSA) is 40.5 Å². The fourth-order valence-electron chi connectivity index (χ4n) is 4.28. The Morgan fingerprint density at radius 1 is 0.483 bits per heavy atom. The first-order valence-electron chi connectivity index (χ1n) is 9.41. The second kappa shape index (κ2) is 5.58. The molecular formula is C26H15FO2. The van der Waals surface area contributed by atoms with Crippen molar-refractivity contribution >= 4 is 53.9 Å². The van der Waals surface area contributed by atoms with Crippen LogP contribution in [0.4, 0.5) is 4.39 Å². The van der Waals surface area contributed by atoms with Gasteiger partial charge in [-0.15, -0.1) is 0 Å². The van der Waals surface area contributed by atoms with Crippen molar-refractivity contribution in [3.63, 3.8) is 0 Å². The third-order valence-corrected chi connectivity index (χ3v) is 5.76. The molecule has 2 nitrogen and oxygen atoms in total. The molecule has 0 heterocycles. The molecule has 6 rings (SSSR count). The van der Waals surface area contributed by atoms with Crippen molar-refractivity contribution in [2.24, 2.45) is 0 Å². The standard InChI is InChI=1S/C26H15FO2/c27-25-23-12-21-10-19-8-17-6-15-4-2-1-3-14(15)5-16(17)7-18(19)9-20(21)11-22(23)13-24(28)26(25)29/h1-13,28-29H. The monoisotopic (exact) mass is 378 g/mol. The second-order valence-corrected chi connectivity index (χ2v) is 7.58. The molecule has 0 unspecified atom stereocenters.